The van der Waals surface area contributed by atoms with Crippen molar-refractivity contribution in [2.45, 2.75) is 50.6 Å². The second kappa shape index (κ2) is 10.1. The first kappa shape index (κ1) is 27.1. The van der Waals surface area contributed by atoms with Gasteiger partial charge < -0.3 is 4.74 Å². The van der Waals surface area contributed by atoms with Crippen LogP contribution in [-0.4, -0.2) is 44.5 Å². The summed E-state index contributed by atoms with van der Waals surface area (Å²) in [5, 5.41) is 3.96. The van der Waals surface area contributed by atoms with Gasteiger partial charge in [-0.05, 0) is 44.9 Å². The first-order valence-corrected chi connectivity index (χ1v) is 13.7. The zero-order valence-corrected chi connectivity index (χ0v) is 22.4. The van der Waals surface area contributed by atoms with E-state index in [1.165, 1.54) is 30.7 Å². The normalized spacial score (nSPS) is 18.3. The number of hydrogen-bond acceptors (Lipinski definition) is 6. The van der Waals surface area contributed by atoms with Gasteiger partial charge in [0.15, 0.2) is 11.3 Å². The SMILES string of the molecule is CCOC(=O)CCCn1cc(-c2cn(S(=O)(=O)C3(C)C=C(Br)C=CC3)c3ncccc23)c(C(F)(F)F)n1. The van der Waals surface area contributed by atoms with Crippen molar-refractivity contribution in [3.05, 3.63) is 59.1 Å². The molecule has 4 rings (SSSR count). The van der Waals surface area contributed by atoms with Crippen LogP contribution < -0.4 is 0 Å². The lowest BCUT2D eigenvalue weighted by atomic mass is 10.0. The van der Waals surface area contributed by atoms with E-state index in [4.69, 9.17) is 4.74 Å². The van der Waals surface area contributed by atoms with E-state index in [0.717, 1.165) is 8.65 Å². The number of aryl methyl sites for hydroxylation is 1. The van der Waals surface area contributed by atoms with Crippen LogP contribution in [0.2, 0.25) is 0 Å². The summed E-state index contributed by atoms with van der Waals surface area (Å²) in [6, 6.07) is 3.05. The Labute approximate surface area is 220 Å². The van der Waals surface area contributed by atoms with Crippen molar-refractivity contribution >= 4 is 43.0 Å². The summed E-state index contributed by atoms with van der Waals surface area (Å²) >= 11 is 3.31. The van der Waals surface area contributed by atoms with Crippen LogP contribution in [0.5, 0.6) is 0 Å². The largest absolute Gasteiger partial charge is 0.466 e. The Morgan fingerprint density at radius 3 is 2.70 bits per heavy atom. The predicted molar refractivity (Wildman–Crippen MR) is 135 cm³/mol. The lowest BCUT2D eigenvalue weighted by molar-refractivity contribution is -0.143. The van der Waals surface area contributed by atoms with Gasteiger partial charge in [0.1, 0.15) is 4.75 Å². The molecule has 0 aromatic carbocycles. The van der Waals surface area contributed by atoms with E-state index in [1.54, 1.807) is 32.1 Å². The van der Waals surface area contributed by atoms with Crippen molar-refractivity contribution in [2.75, 3.05) is 6.61 Å². The third-order valence-corrected chi connectivity index (χ3v) is 8.77. The molecule has 37 heavy (non-hydrogen) atoms. The molecule has 0 N–H and O–H groups in total. The molecule has 8 nitrogen and oxygen atoms in total. The van der Waals surface area contributed by atoms with Crippen LogP contribution in [0.1, 0.15) is 38.8 Å². The third-order valence-electron chi connectivity index (χ3n) is 6.02. The molecule has 13 heteroatoms. The average Bonchev–Trinajstić information content (AvgIpc) is 3.41. The van der Waals surface area contributed by atoms with Crippen molar-refractivity contribution in [1.82, 2.24) is 18.7 Å². The van der Waals surface area contributed by atoms with Gasteiger partial charge in [0.05, 0.1) is 6.61 Å². The Morgan fingerprint density at radius 2 is 2.03 bits per heavy atom. The number of alkyl halides is 3. The van der Waals surface area contributed by atoms with Crippen molar-refractivity contribution < 1.29 is 31.1 Å². The molecule has 3 aromatic heterocycles. The van der Waals surface area contributed by atoms with E-state index in [9.17, 15) is 26.4 Å². The van der Waals surface area contributed by atoms with Gasteiger partial charge >= 0.3 is 12.1 Å². The Balaban J connectivity index is 1.81. The number of nitrogens with zero attached hydrogens (tertiary/aromatic N) is 4. The molecule has 3 heterocycles. The molecule has 3 aromatic rings. The Kier molecular flexibility index (Phi) is 7.39. The zero-order chi connectivity index (χ0) is 27.0. The zero-order valence-electron chi connectivity index (χ0n) is 20.0. The molecule has 0 fully saturated rings. The molecule has 1 aliphatic carbocycles. The number of fused-ring (bicyclic) bond motifs is 1. The summed E-state index contributed by atoms with van der Waals surface area (Å²) in [4.78, 5) is 15.8. The van der Waals surface area contributed by atoms with E-state index in [-0.39, 0.29) is 54.6 Å². The monoisotopic (exact) mass is 600 g/mol. The highest BCUT2D eigenvalue weighted by Crippen LogP contribution is 2.41. The molecule has 0 amide bonds. The smallest absolute Gasteiger partial charge is 0.435 e. The van der Waals surface area contributed by atoms with Crippen molar-refractivity contribution in [3.63, 3.8) is 0 Å². The van der Waals surface area contributed by atoms with Crippen LogP contribution in [0.25, 0.3) is 22.2 Å². The maximum absolute atomic E-state index is 14.0. The molecular weight excluding hydrogens is 577 g/mol. The molecule has 0 spiro atoms. The lowest BCUT2D eigenvalue weighted by Gasteiger charge is -2.27. The Bertz CT molecular complexity index is 1510. The summed E-state index contributed by atoms with van der Waals surface area (Å²) < 4.78 is 75.8. The van der Waals surface area contributed by atoms with E-state index in [1.807, 2.05) is 0 Å². The summed E-state index contributed by atoms with van der Waals surface area (Å²) in [5.74, 6) is -0.447. The summed E-state index contributed by atoms with van der Waals surface area (Å²) in [7, 11) is -4.14. The minimum Gasteiger partial charge on any atom is -0.466 e. The fourth-order valence-corrected chi connectivity index (χ4v) is 6.69. The van der Waals surface area contributed by atoms with Gasteiger partial charge in [0.25, 0.3) is 0 Å². The first-order chi connectivity index (χ1) is 17.4. The number of allylic oxidation sites excluding steroid dienone is 3. The fraction of sp³-hybridized carbons (Fsp3) is 0.375. The highest BCUT2D eigenvalue weighted by Gasteiger charge is 2.42. The Hall–Kier alpha value is -2.93. The van der Waals surface area contributed by atoms with Crippen LogP contribution in [0.4, 0.5) is 13.2 Å². The van der Waals surface area contributed by atoms with E-state index in [2.05, 4.69) is 26.0 Å². The third kappa shape index (κ3) is 5.24. The predicted octanol–water partition coefficient (Wildman–Crippen LogP) is 5.44. The number of carbonyl (C=O) groups is 1. The molecule has 0 bridgehead atoms. The number of halogens is 4. The first-order valence-electron chi connectivity index (χ1n) is 11.4. The second-order valence-corrected chi connectivity index (χ2v) is 11.9. The minimum atomic E-state index is -4.80. The Morgan fingerprint density at radius 1 is 1.27 bits per heavy atom. The highest BCUT2D eigenvalue weighted by molar-refractivity contribution is 9.11. The maximum atomic E-state index is 14.0. The summed E-state index contributed by atoms with van der Waals surface area (Å²) in [6.07, 6.45) is 4.41. The van der Waals surface area contributed by atoms with Gasteiger partial charge in [-0.15, -0.1) is 0 Å². The summed E-state index contributed by atoms with van der Waals surface area (Å²) in [6.45, 7) is 3.47. The van der Waals surface area contributed by atoms with Crippen molar-refractivity contribution in [1.29, 1.82) is 0 Å². The topological polar surface area (TPSA) is 96.1 Å². The number of carbonyl (C=O) groups excluding carboxylic acids is 1. The van der Waals surface area contributed by atoms with Gasteiger partial charge in [-0.1, -0.05) is 28.1 Å². The molecular formula is C24H24BrF3N4O4S. The van der Waals surface area contributed by atoms with Crippen LogP contribution >= 0.6 is 15.9 Å². The molecule has 0 radical (unpaired) electrons. The fourth-order valence-electron chi connectivity index (χ4n) is 4.20. The highest BCUT2D eigenvalue weighted by atomic mass is 79.9. The van der Waals surface area contributed by atoms with Gasteiger partial charge in [0, 0.05) is 52.6 Å². The minimum absolute atomic E-state index is 0.0148. The summed E-state index contributed by atoms with van der Waals surface area (Å²) in [5.41, 5.74) is -1.38. The molecule has 0 saturated carbocycles. The van der Waals surface area contributed by atoms with Gasteiger partial charge in [-0.3, -0.25) is 9.48 Å². The van der Waals surface area contributed by atoms with E-state index >= 15 is 0 Å². The average molecular weight is 601 g/mol. The lowest BCUT2D eigenvalue weighted by Crippen LogP contribution is -2.38. The molecule has 0 saturated heterocycles. The van der Waals surface area contributed by atoms with E-state index in [0.29, 0.717) is 4.48 Å². The van der Waals surface area contributed by atoms with Crippen LogP contribution in [0, 0.1) is 0 Å². The van der Waals surface area contributed by atoms with Gasteiger partial charge in [0.2, 0.25) is 10.0 Å². The number of aromatic nitrogens is 4. The van der Waals surface area contributed by atoms with Crippen LogP contribution in [-0.2, 0) is 32.3 Å². The quantitative estimate of drug-likeness (QED) is 0.320. The van der Waals surface area contributed by atoms with Gasteiger partial charge in [-0.25, -0.2) is 17.4 Å². The number of pyridine rings is 1. The molecule has 198 valence electrons. The maximum Gasteiger partial charge on any atom is 0.435 e. The van der Waals surface area contributed by atoms with Crippen LogP contribution in [0.15, 0.2) is 53.4 Å². The molecule has 1 unspecified atom stereocenters. The second-order valence-electron chi connectivity index (χ2n) is 8.73. The van der Waals surface area contributed by atoms with Gasteiger partial charge in [-0.2, -0.15) is 18.3 Å². The van der Waals surface area contributed by atoms with E-state index < -0.39 is 32.6 Å². The molecule has 0 aliphatic heterocycles. The molecule has 1 aliphatic rings. The number of ether oxygens (including phenoxy) is 1. The number of rotatable bonds is 8. The van der Waals surface area contributed by atoms with Crippen molar-refractivity contribution in [2.24, 2.45) is 0 Å². The van der Waals surface area contributed by atoms with Crippen LogP contribution in [0.3, 0.4) is 0 Å². The number of esters is 1. The standard InChI is InChI=1S/C24H24BrF3N4O4S/c1-3-36-20(33)9-6-12-31-14-19(21(30-31)24(26,27)28)18-15-32(22-17(18)8-5-11-29-22)37(34,35)23(2)10-4-7-16(25)13-23/h4-5,7-8,11,13-15H,3,6,9-10,12H2,1-2H3. The number of hydrogen-bond donors (Lipinski definition) is 0. The van der Waals surface area contributed by atoms with Crippen molar-refractivity contribution in [3.8, 4) is 11.1 Å². The molecule has 1 atom stereocenters.